The number of ether oxygens (including phenoxy) is 1. The summed E-state index contributed by atoms with van der Waals surface area (Å²) in [5.74, 6) is 0.877. The molecule has 5 heteroatoms. The van der Waals surface area contributed by atoms with Crippen molar-refractivity contribution in [1.82, 2.24) is 5.32 Å². The summed E-state index contributed by atoms with van der Waals surface area (Å²) in [6, 6.07) is 0. The van der Waals surface area contributed by atoms with Gasteiger partial charge >= 0.3 is 0 Å². The van der Waals surface area contributed by atoms with Gasteiger partial charge in [0.1, 0.15) is 0 Å². The Bertz CT molecular complexity index is 234. The van der Waals surface area contributed by atoms with Gasteiger partial charge in [-0.05, 0) is 32.6 Å². The third kappa shape index (κ3) is 3.96. The monoisotopic (exact) mass is 246 g/mol. The Morgan fingerprint density at radius 1 is 1.56 bits per heavy atom. The molecule has 1 saturated heterocycles. The number of likely N-dealkylation sites (N-methyl/N-ethyl adjacent to an activating group) is 1. The fourth-order valence-corrected chi connectivity index (χ4v) is 2.60. The van der Waals surface area contributed by atoms with Crippen molar-refractivity contribution in [3.63, 3.8) is 0 Å². The van der Waals surface area contributed by atoms with Crippen LogP contribution in [0.5, 0.6) is 0 Å². The molecule has 0 aromatic heterocycles. The third-order valence-corrected chi connectivity index (χ3v) is 4.40. The number of nitrogens with two attached hydrogens (primary N) is 1. The standard InChI is InChI=1S/C11H22N2O2S/c1-11(13-2,10(12)14)5-3-4-6-16-9-7-15-8-9/h9,13H,3-8H2,1-2H3,(H2,12,14). The summed E-state index contributed by atoms with van der Waals surface area (Å²) in [5, 5.41) is 3.70. The van der Waals surface area contributed by atoms with Crippen molar-refractivity contribution in [3.8, 4) is 0 Å². The molecule has 0 bridgehead atoms. The zero-order chi connectivity index (χ0) is 12.0. The van der Waals surface area contributed by atoms with E-state index in [0.29, 0.717) is 5.25 Å². The van der Waals surface area contributed by atoms with Gasteiger partial charge in [-0.1, -0.05) is 6.42 Å². The second kappa shape index (κ2) is 6.47. The van der Waals surface area contributed by atoms with E-state index >= 15 is 0 Å². The molecule has 1 aliphatic rings. The molecular formula is C11H22N2O2S. The lowest BCUT2D eigenvalue weighted by Crippen LogP contribution is -2.51. The number of rotatable bonds is 8. The molecule has 1 aliphatic heterocycles. The summed E-state index contributed by atoms with van der Waals surface area (Å²) in [6.45, 7) is 3.67. The summed E-state index contributed by atoms with van der Waals surface area (Å²) < 4.78 is 5.10. The minimum atomic E-state index is -0.551. The first kappa shape index (κ1) is 13.8. The zero-order valence-corrected chi connectivity index (χ0v) is 10.9. The van der Waals surface area contributed by atoms with Gasteiger partial charge in [-0.2, -0.15) is 11.8 Å². The second-order valence-corrected chi connectivity index (χ2v) is 5.84. The third-order valence-electron chi connectivity index (χ3n) is 3.13. The largest absolute Gasteiger partial charge is 0.379 e. The number of hydrogen-bond acceptors (Lipinski definition) is 4. The lowest BCUT2D eigenvalue weighted by molar-refractivity contribution is -0.123. The summed E-state index contributed by atoms with van der Waals surface area (Å²) in [6.07, 6.45) is 2.97. The molecule has 94 valence electrons. The number of hydrogen-bond donors (Lipinski definition) is 2. The molecule has 1 heterocycles. The Balaban J connectivity index is 2.06. The first-order chi connectivity index (χ1) is 7.58. The average Bonchev–Trinajstić information content (AvgIpc) is 2.19. The molecule has 0 aromatic carbocycles. The van der Waals surface area contributed by atoms with Crippen LogP contribution in [-0.4, -0.2) is 42.7 Å². The van der Waals surface area contributed by atoms with Crippen LogP contribution in [0.25, 0.3) is 0 Å². The van der Waals surface area contributed by atoms with Gasteiger partial charge in [0, 0.05) is 0 Å². The highest BCUT2D eigenvalue weighted by atomic mass is 32.2. The first-order valence-corrected chi connectivity index (χ1v) is 6.81. The van der Waals surface area contributed by atoms with E-state index in [0.717, 1.165) is 38.2 Å². The maximum atomic E-state index is 11.2. The van der Waals surface area contributed by atoms with Crippen LogP contribution in [0.15, 0.2) is 0 Å². The Hall–Kier alpha value is -0.260. The van der Waals surface area contributed by atoms with Crippen LogP contribution in [-0.2, 0) is 9.53 Å². The van der Waals surface area contributed by atoms with Gasteiger partial charge in [0.2, 0.25) is 5.91 Å². The maximum absolute atomic E-state index is 11.2. The van der Waals surface area contributed by atoms with E-state index in [1.165, 1.54) is 0 Å². The van der Waals surface area contributed by atoms with Gasteiger partial charge in [-0.25, -0.2) is 0 Å². The SMILES string of the molecule is CNC(C)(CCCCSC1COC1)C(N)=O. The van der Waals surface area contributed by atoms with Gasteiger partial charge in [-0.3, -0.25) is 4.79 Å². The average molecular weight is 246 g/mol. The van der Waals surface area contributed by atoms with Gasteiger partial charge in [0.25, 0.3) is 0 Å². The predicted molar refractivity (Wildman–Crippen MR) is 67.6 cm³/mol. The zero-order valence-electron chi connectivity index (χ0n) is 10.1. The maximum Gasteiger partial charge on any atom is 0.237 e. The van der Waals surface area contributed by atoms with Gasteiger partial charge < -0.3 is 15.8 Å². The van der Waals surface area contributed by atoms with E-state index in [-0.39, 0.29) is 5.91 Å². The highest BCUT2D eigenvalue weighted by Gasteiger charge is 2.28. The van der Waals surface area contributed by atoms with E-state index in [4.69, 9.17) is 10.5 Å². The second-order valence-electron chi connectivity index (χ2n) is 4.43. The summed E-state index contributed by atoms with van der Waals surface area (Å²) in [5.41, 5.74) is 4.80. The first-order valence-electron chi connectivity index (χ1n) is 5.76. The smallest absolute Gasteiger partial charge is 0.237 e. The van der Waals surface area contributed by atoms with Crippen LogP contribution < -0.4 is 11.1 Å². The highest BCUT2D eigenvalue weighted by Crippen LogP contribution is 2.21. The number of nitrogens with one attached hydrogen (secondary N) is 1. The Morgan fingerprint density at radius 2 is 2.25 bits per heavy atom. The number of carbonyl (C=O) groups excluding carboxylic acids is 1. The van der Waals surface area contributed by atoms with E-state index < -0.39 is 5.54 Å². The molecule has 0 saturated carbocycles. The summed E-state index contributed by atoms with van der Waals surface area (Å²) in [7, 11) is 1.78. The molecule has 0 radical (unpaired) electrons. The van der Waals surface area contributed by atoms with Gasteiger partial charge in [-0.15, -0.1) is 0 Å². The van der Waals surface area contributed by atoms with E-state index in [9.17, 15) is 4.79 Å². The fraction of sp³-hybridized carbons (Fsp3) is 0.909. The molecule has 1 unspecified atom stereocenters. The minimum absolute atomic E-state index is 0.268. The molecule has 1 amide bonds. The Kier molecular flexibility index (Phi) is 5.58. The van der Waals surface area contributed by atoms with Crippen molar-refractivity contribution in [3.05, 3.63) is 0 Å². The molecule has 0 spiro atoms. The molecule has 3 N–H and O–H groups in total. The summed E-state index contributed by atoms with van der Waals surface area (Å²) >= 11 is 1.97. The van der Waals surface area contributed by atoms with Crippen molar-refractivity contribution in [2.75, 3.05) is 26.0 Å². The number of thioether (sulfide) groups is 1. The molecule has 4 nitrogen and oxygen atoms in total. The molecule has 1 atom stereocenters. The number of unbranched alkanes of at least 4 members (excludes halogenated alkanes) is 1. The van der Waals surface area contributed by atoms with E-state index in [1.807, 2.05) is 18.7 Å². The van der Waals surface area contributed by atoms with Crippen LogP contribution in [0.4, 0.5) is 0 Å². The molecule has 16 heavy (non-hydrogen) atoms. The molecular weight excluding hydrogens is 224 g/mol. The van der Waals surface area contributed by atoms with Crippen LogP contribution in [0.2, 0.25) is 0 Å². The van der Waals surface area contributed by atoms with Crippen LogP contribution in [0.1, 0.15) is 26.2 Å². The van der Waals surface area contributed by atoms with Crippen molar-refractivity contribution in [1.29, 1.82) is 0 Å². The fourth-order valence-electron chi connectivity index (χ4n) is 1.51. The van der Waals surface area contributed by atoms with E-state index in [2.05, 4.69) is 5.32 Å². The molecule has 0 aromatic rings. The summed E-state index contributed by atoms with van der Waals surface area (Å²) in [4.78, 5) is 11.2. The van der Waals surface area contributed by atoms with Crippen LogP contribution in [0.3, 0.4) is 0 Å². The van der Waals surface area contributed by atoms with Gasteiger partial charge in [0.05, 0.1) is 24.0 Å². The number of amides is 1. The highest BCUT2D eigenvalue weighted by molar-refractivity contribution is 8.00. The van der Waals surface area contributed by atoms with Crippen molar-refractivity contribution in [2.24, 2.45) is 5.73 Å². The quantitative estimate of drug-likeness (QED) is 0.620. The Morgan fingerprint density at radius 3 is 2.69 bits per heavy atom. The molecule has 1 fully saturated rings. The Labute approximate surface area is 102 Å². The van der Waals surface area contributed by atoms with Gasteiger partial charge in [0.15, 0.2) is 0 Å². The molecule has 0 aliphatic carbocycles. The topological polar surface area (TPSA) is 64.3 Å². The normalized spacial score (nSPS) is 20.1. The van der Waals surface area contributed by atoms with Crippen molar-refractivity contribution in [2.45, 2.75) is 37.0 Å². The molecule has 1 rings (SSSR count). The predicted octanol–water partition coefficient (Wildman–Crippen LogP) is 0.752. The minimum Gasteiger partial charge on any atom is -0.379 e. The lowest BCUT2D eigenvalue weighted by Gasteiger charge is -2.26. The number of primary amides is 1. The van der Waals surface area contributed by atoms with E-state index in [1.54, 1.807) is 7.05 Å². The van der Waals surface area contributed by atoms with Crippen molar-refractivity contribution < 1.29 is 9.53 Å². The van der Waals surface area contributed by atoms with Crippen LogP contribution in [0, 0.1) is 0 Å². The van der Waals surface area contributed by atoms with Crippen molar-refractivity contribution >= 4 is 17.7 Å². The number of carbonyl (C=O) groups is 1. The van der Waals surface area contributed by atoms with Crippen LogP contribution >= 0.6 is 11.8 Å². The lowest BCUT2D eigenvalue weighted by atomic mass is 9.94.